The van der Waals surface area contributed by atoms with Crippen molar-refractivity contribution in [1.29, 1.82) is 0 Å². The Morgan fingerprint density at radius 1 is 0.824 bits per heavy atom. The molecule has 4 rings (SSSR count). The Morgan fingerprint density at radius 2 is 1.50 bits per heavy atom. The summed E-state index contributed by atoms with van der Waals surface area (Å²) >= 11 is 3.65. The summed E-state index contributed by atoms with van der Waals surface area (Å²) in [5.74, 6) is 4.01. The van der Waals surface area contributed by atoms with Gasteiger partial charge in [-0.25, -0.2) is 0 Å². The first-order valence-corrected chi connectivity index (χ1v) is 13.0. The van der Waals surface area contributed by atoms with Gasteiger partial charge in [-0.2, -0.15) is 0 Å². The van der Waals surface area contributed by atoms with Crippen LogP contribution in [0.1, 0.15) is 36.8 Å². The van der Waals surface area contributed by atoms with Crippen molar-refractivity contribution in [1.82, 2.24) is 4.90 Å². The molecular formula is C29H35BrN2O2. The normalized spacial score (nSPS) is 18.1. The average Bonchev–Trinajstić information content (AvgIpc) is 2.85. The summed E-state index contributed by atoms with van der Waals surface area (Å²) in [6.07, 6.45) is 5.04. The van der Waals surface area contributed by atoms with Gasteiger partial charge in [0.25, 0.3) is 0 Å². The molecule has 0 unspecified atom stereocenters. The minimum absolute atomic E-state index is 0.703. The smallest absolute Gasteiger partial charge is 0.133 e. The van der Waals surface area contributed by atoms with Crippen LogP contribution in [0.2, 0.25) is 0 Å². The number of nitrogens with zero attached hydrogens (tertiary/aromatic N) is 1. The van der Waals surface area contributed by atoms with Crippen molar-refractivity contribution < 1.29 is 9.47 Å². The average molecular weight is 524 g/mol. The van der Waals surface area contributed by atoms with Crippen LogP contribution in [0, 0.1) is 11.8 Å². The molecule has 0 aromatic heterocycles. The van der Waals surface area contributed by atoms with Crippen LogP contribution >= 0.6 is 15.9 Å². The first kappa shape index (κ1) is 24.8. The van der Waals surface area contributed by atoms with E-state index in [0.29, 0.717) is 11.8 Å². The Labute approximate surface area is 212 Å². The molecule has 1 aliphatic carbocycles. The highest BCUT2D eigenvalue weighted by atomic mass is 79.9. The van der Waals surface area contributed by atoms with E-state index in [9.17, 15) is 0 Å². The molecule has 2 N–H and O–H groups in total. The first-order chi connectivity index (χ1) is 16.6. The number of para-hydroxylation sites is 1. The molecule has 34 heavy (non-hydrogen) atoms. The monoisotopic (exact) mass is 522 g/mol. The lowest BCUT2D eigenvalue weighted by Crippen LogP contribution is -2.32. The number of ether oxygens (including phenoxy) is 2. The number of nitrogens with two attached hydrogens (primary N) is 1. The van der Waals surface area contributed by atoms with Crippen molar-refractivity contribution in [3.8, 4) is 17.2 Å². The molecule has 1 fully saturated rings. The second kappa shape index (κ2) is 12.4. The van der Waals surface area contributed by atoms with E-state index in [4.69, 9.17) is 15.2 Å². The van der Waals surface area contributed by atoms with Crippen LogP contribution in [0.25, 0.3) is 0 Å². The SMILES string of the molecule is COc1ccc(CN(Cc2cccc(Oc3ccccc3)c2)CC2CCC(CN)CC2)cc1Br. The van der Waals surface area contributed by atoms with Gasteiger partial charge in [0.15, 0.2) is 0 Å². The molecule has 1 saturated carbocycles. The zero-order chi connectivity index (χ0) is 23.8. The van der Waals surface area contributed by atoms with Crippen LogP contribution in [0.5, 0.6) is 17.2 Å². The maximum Gasteiger partial charge on any atom is 0.133 e. The molecule has 0 aliphatic heterocycles. The number of rotatable bonds is 10. The lowest BCUT2D eigenvalue weighted by molar-refractivity contribution is 0.170. The first-order valence-electron chi connectivity index (χ1n) is 12.2. The lowest BCUT2D eigenvalue weighted by Gasteiger charge is -2.32. The van der Waals surface area contributed by atoms with Crippen molar-refractivity contribution in [2.45, 2.75) is 38.8 Å². The molecular weight excluding hydrogens is 488 g/mol. The Kier molecular flexibility index (Phi) is 9.03. The second-order valence-corrected chi connectivity index (χ2v) is 10.2. The molecule has 5 heteroatoms. The molecule has 1 aliphatic rings. The predicted molar refractivity (Wildman–Crippen MR) is 142 cm³/mol. The molecule has 0 heterocycles. The Morgan fingerprint density at radius 3 is 2.18 bits per heavy atom. The summed E-state index contributed by atoms with van der Waals surface area (Å²) in [7, 11) is 1.70. The molecule has 0 spiro atoms. The summed E-state index contributed by atoms with van der Waals surface area (Å²) in [6.45, 7) is 3.69. The molecule has 0 radical (unpaired) electrons. The molecule has 0 amide bonds. The van der Waals surface area contributed by atoms with E-state index in [1.165, 1.54) is 36.8 Å². The van der Waals surface area contributed by atoms with Crippen LogP contribution in [0.3, 0.4) is 0 Å². The highest BCUT2D eigenvalue weighted by molar-refractivity contribution is 9.10. The number of hydrogen-bond acceptors (Lipinski definition) is 4. The fourth-order valence-corrected chi connectivity index (χ4v) is 5.44. The van der Waals surface area contributed by atoms with Gasteiger partial charge in [0.05, 0.1) is 11.6 Å². The Hall–Kier alpha value is -2.34. The third-order valence-corrected chi connectivity index (χ3v) is 7.34. The molecule has 4 nitrogen and oxygen atoms in total. The van der Waals surface area contributed by atoms with Crippen molar-refractivity contribution in [2.75, 3.05) is 20.2 Å². The van der Waals surface area contributed by atoms with E-state index in [1.807, 2.05) is 42.5 Å². The fraction of sp³-hybridized carbons (Fsp3) is 0.379. The van der Waals surface area contributed by atoms with E-state index >= 15 is 0 Å². The number of hydrogen-bond donors (Lipinski definition) is 1. The molecule has 3 aromatic rings. The summed E-state index contributed by atoms with van der Waals surface area (Å²) in [5, 5.41) is 0. The quantitative estimate of drug-likeness (QED) is 0.310. The zero-order valence-corrected chi connectivity index (χ0v) is 21.5. The minimum atomic E-state index is 0.703. The maximum absolute atomic E-state index is 6.08. The van der Waals surface area contributed by atoms with Crippen molar-refractivity contribution >= 4 is 15.9 Å². The maximum atomic E-state index is 6.08. The Balaban J connectivity index is 1.48. The van der Waals surface area contributed by atoms with Crippen molar-refractivity contribution in [2.24, 2.45) is 17.6 Å². The lowest BCUT2D eigenvalue weighted by atomic mass is 9.82. The van der Waals surface area contributed by atoms with Crippen LogP contribution in [-0.4, -0.2) is 25.1 Å². The molecule has 3 aromatic carbocycles. The number of methoxy groups -OCH3 is 1. The van der Waals surface area contributed by atoms with Gasteiger partial charge in [0, 0.05) is 19.6 Å². The van der Waals surface area contributed by atoms with Gasteiger partial charge < -0.3 is 15.2 Å². The van der Waals surface area contributed by atoms with Gasteiger partial charge in [-0.1, -0.05) is 36.4 Å². The molecule has 0 bridgehead atoms. The summed E-state index contributed by atoms with van der Waals surface area (Å²) in [4.78, 5) is 2.57. The van der Waals surface area contributed by atoms with E-state index in [1.54, 1.807) is 7.11 Å². The van der Waals surface area contributed by atoms with E-state index < -0.39 is 0 Å². The third-order valence-electron chi connectivity index (χ3n) is 6.72. The van der Waals surface area contributed by atoms with Crippen molar-refractivity contribution in [3.05, 3.63) is 88.4 Å². The molecule has 0 atom stereocenters. The topological polar surface area (TPSA) is 47.7 Å². The number of benzene rings is 3. The van der Waals surface area contributed by atoms with Crippen LogP contribution < -0.4 is 15.2 Å². The van der Waals surface area contributed by atoms with Crippen LogP contribution in [-0.2, 0) is 13.1 Å². The van der Waals surface area contributed by atoms with E-state index in [-0.39, 0.29) is 0 Å². The van der Waals surface area contributed by atoms with Gasteiger partial charge in [-0.15, -0.1) is 0 Å². The minimum Gasteiger partial charge on any atom is -0.496 e. The van der Waals surface area contributed by atoms with Crippen LogP contribution in [0.4, 0.5) is 0 Å². The zero-order valence-electron chi connectivity index (χ0n) is 20.0. The van der Waals surface area contributed by atoms with E-state index in [2.05, 4.69) is 51.2 Å². The molecule has 180 valence electrons. The highest BCUT2D eigenvalue weighted by Crippen LogP contribution is 2.31. The summed E-state index contributed by atoms with van der Waals surface area (Å²) in [5.41, 5.74) is 8.46. The van der Waals surface area contributed by atoms with Gasteiger partial charge in [-0.3, -0.25) is 4.90 Å². The van der Waals surface area contributed by atoms with Gasteiger partial charge in [0.1, 0.15) is 17.2 Å². The second-order valence-electron chi connectivity index (χ2n) is 9.32. The summed E-state index contributed by atoms with van der Waals surface area (Å²) < 4.78 is 12.5. The standard InChI is InChI=1S/C29H35BrN2O2/c1-33-29-15-14-25(17-28(29)30)21-32(19-23-12-10-22(18-31)11-13-23)20-24-6-5-9-27(16-24)34-26-7-3-2-4-8-26/h2-9,14-17,22-23H,10-13,18-21,31H2,1H3. The molecule has 0 saturated heterocycles. The third kappa shape index (κ3) is 7.08. The predicted octanol–water partition coefficient (Wildman–Crippen LogP) is 7.02. The Bertz CT molecular complexity index is 1040. The summed E-state index contributed by atoms with van der Waals surface area (Å²) in [6, 6.07) is 24.8. The van der Waals surface area contributed by atoms with Gasteiger partial charge in [-0.05, 0) is 108 Å². The van der Waals surface area contributed by atoms with Crippen LogP contribution in [0.15, 0.2) is 77.3 Å². The highest BCUT2D eigenvalue weighted by Gasteiger charge is 2.23. The number of halogens is 1. The van der Waals surface area contributed by atoms with Gasteiger partial charge >= 0.3 is 0 Å². The van der Waals surface area contributed by atoms with Crippen molar-refractivity contribution in [3.63, 3.8) is 0 Å². The van der Waals surface area contributed by atoms with E-state index in [0.717, 1.165) is 47.9 Å². The largest absolute Gasteiger partial charge is 0.496 e. The van der Waals surface area contributed by atoms with Gasteiger partial charge in [0.2, 0.25) is 0 Å². The fourth-order valence-electron chi connectivity index (χ4n) is 4.86.